The van der Waals surface area contributed by atoms with Gasteiger partial charge in [-0.3, -0.25) is 9.69 Å². The Morgan fingerprint density at radius 2 is 1.78 bits per heavy atom. The quantitative estimate of drug-likeness (QED) is 0.836. The van der Waals surface area contributed by atoms with E-state index in [-0.39, 0.29) is 5.91 Å². The second kappa shape index (κ2) is 6.81. The summed E-state index contributed by atoms with van der Waals surface area (Å²) in [5, 5.41) is 0. The van der Waals surface area contributed by atoms with Gasteiger partial charge >= 0.3 is 0 Å². The van der Waals surface area contributed by atoms with Gasteiger partial charge in [0.2, 0.25) is 5.91 Å². The summed E-state index contributed by atoms with van der Waals surface area (Å²) >= 11 is 4.11. The fraction of sp³-hybridized carbons (Fsp3) is 0.500. The largest absolute Gasteiger partial charge is 0.340 e. The minimum Gasteiger partial charge on any atom is -0.340 e. The first-order valence-corrected chi connectivity index (χ1v) is 7.08. The SMILES string of the molecule is O=C(CCS)N1CCN(Cc2ccccc2)CC1. The number of carbonyl (C=O) groups excluding carboxylic acids is 1. The van der Waals surface area contributed by atoms with Crippen LogP contribution in [0, 0.1) is 0 Å². The lowest BCUT2D eigenvalue weighted by atomic mass is 10.2. The van der Waals surface area contributed by atoms with Crippen molar-refractivity contribution in [2.75, 3.05) is 31.9 Å². The maximum atomic E-state index is 11.7. The molecule has 1 saturated heterocycles. The third-order valence-corrected chi connectivity index (χ3v) is 3.52. The van der Waals surface area contributed by atoms with Gasteiger partial charge in [0.05, 0.1) is 0 Å². The Hall–Kier alpha value is -1.00. The van der Waals surface area contributed by atoms with E-state index in [9.17, 15) is 4.79 Å². The fourth-order valence-electron chi connectivity index (χ4n) is 2.25. The standard InChI is InChI=1S/C14H20N2OS/c17-14(6-11-18)16-9-7-15(8-10-16)12-13-4-2-1-3-5-13/h1-5,18H,6-12H2. The van der Waals surface area contributed by atoms with E-state index in [0.29, 0.717) is 12.2 Å². The molecule has 0 spiro atoms. The highest BCUT2D eigenvalue weighted by molar-refractivity contribution is 7.80. The van der Waals surface area contributed by atoms with Gasteiger partial charge in [-0.2, -0.15) is 12.6 Å². The topological polar surface area (TPSA) is 23.6 Å². The Labute approximate surface area is 114 Å². The Morgan fingerprint density at radius 1 is 1.11 bits per heavy atom. The Bertz CT molecular complexity index is 375. The molecular formula is C14H20N2OS. The molecule has 1 heterocycles. The van der Waals surface area contributed by atoms with Gasteiger partial charge in [-0.05, 0) is 11.3 Å². The van der Waals surface area contributed by atoms with Gasteiger partial charge in [0, 0.05) is 39.1 Å². The summed E-state index contributed by atoms with van der Waals surface area (Å²) in [6, 6.07) is 10.5. The lowest BCUT2D eigenvalue weighted by molar-refractivity contribution is -0.132. The van der Waals surface area contributed by atoms with Crippen LogP contribution >= 0.6 is 12.6 Å². The molecule has 2 rings (SSSR count). The average molecular weight is 264 g/mol. The van der Waals surface area contributed by atoms with E-state index in [4.69, 9.17) is 0 Å². The molecule has 1 aliphatic rings. The Kier molecular flexibility index (Phi) is 5.08. The Morgan fingerprint density at radius 3 is 2.39 bits per heavy atom. The van der Waals surface area contributed by atoms with E-state index in [1.165, 1.54) is 5.56 Å². The number of amides is 1. The molecule has 0 radical (unpaired) electrons. The first-order valence-electron chi connectivity index (χ1n) is 6.44. The third kappa shape index (κ3) is 3.75. The molecular weight excluding hydrogens is 244 g/mol. The predicted octanol–water partition coefficient (Wildman–Crippen LogP) is 1.65. The van der Waals surface area contributed by atoms with Gasteiger partial charge in [0.25, 0.3) is 0 Å². The number of carbonyl (C=O) groups is 1. The maximum absolute atomic E-state index is 11.7. The molecule has 4 heteroatoms. The third-order valence-electron chi connectivity index (χ3n) is 3.30. The summed E-state index contributed by atoms with van der Waals surface area (Å²) in [5.41, 5.74) is 1.34. The highest BCUT2D eigenvalue weighted by atomic mass is 32.1. The van der Waals surface area contributed by atoms with Crippen molar-refractivity contribution in [1.29, 1.82) is 0 Å². The molecule has 0 aliphatic carbocycles. The van der Waals surface area contributed by atoms with Crippen LogP contribution in [0.3, 0.4) is 0 Å². The smallest absolute Gasteiger partial charge is 0.223 e. The van der Waals surface area contributed by atoms with Crippen LogP contribution in [0.1, 0.15) is 12.0 Å². The number of hydrogen-bond donors (Lipinski definition) is 1. The van der Waals surface area contributed by atoms with Crippen molar-refractivity contribution < 1.29 is 4.79 Å². The zero-order valence-electron chi connectivity index (χ0n) is 10.6. The molecule has 0 atom stereocenters. The van der Waals surface area contributed by atoms with Crippen LogP contribution < -0.4 is 0 Å². The highest BCUT2D eigenvalue weighted by Crippen LogP contribution is 2.09. The molecule has 1 fully saturated rings. The van der Waals surface area contributed by atoms with Gasteiger partial charge in [0.15, 0.2) is 0 Å². The zero-order chi connectivity index (χ0) is 12.8. The van der Waals surface area contributed by atoms with Crippen LogP contribution in [0.4, 0.5) is 0 Å². The Balaban J connectivity index is 1.78. The molecule has 0 bridgehead atoms. The number of nitrogens with zero attached hydrogens (tertiary/aromatic N) is 2. The van der Waals surface area contributed by atoms with Crippen molar-refractivity contribution in [1.82, 2.24) is 9.80 Å². The average Bonchev–Trinajstić information content (AvgIpc) is 2.41. The lowest BCUT2D eigenvalue weighted by Gasteiger charge is -2.34. The second-order valence-corrected chi connectivity index (χ2v) is 5.06. The fourth-order valence-corrected chi connectivity index (χ4v) is 2.44. The van der Waals surface area contributed by atoms with Crippen molar-refractivity contribution in [2.45, 2.75) is 13.0 Å². The van der Waals surface area contributed by atoms with Crippen LogP contribution in [0.15, 0.2) is 30.3 Å². The molecule has 1 aromatic rings. The van der Waals surface area contributed by atoms with Crippen molar-refractivity contribution in [2.24, 2.45) is 0 Å². The molecule has 1 aromatic carbocycles. The lowest BCUT2D eigenvalue weighted by Crippen LogP contribution is -2.48. The van der Waals surface area contributed by atoms with Crippen LogP contribution in [0.25, 0.3) is 0 Å². The minimum atomic E-state index is 0.240. The number of rotatable bonds is 4. The van der Waals surface area contributed by atoms with Gasteiger partial charge in [-0.25, -0.2) is 0 Å². The van der Waals surface area contributed by atoms with E-state index < -0.39 is 0 Å². The first-order chi connectivity index (χ1) is 8.79. The summed E-state index contributed by atoms with van der Waals surface area (Å²) in [7, 11) is 0. The summed E-state index contributed by atoms with van der Waals surface area (Å²) < 4.78 is 0. The monoisotopic (exact) mass is 264 g/mol. The van der Waals surface area contributed by atoms with Crippen LogP contribution in [0.2, 0.25) is 0 Å². The van der Waals surface area contributed by atoms with Crippen molar-refractivity contribution in [3.8, 4) is 0 Å². The van der Waals surface area contributed by atoms with Gasteiger partial charge in [0.1, 0.15) is 0 Å². The van der Waals surface area contributed by atoms with Crippen molar-refractivity contribution in [3.63, 3.8) is 0 Å². The highest BCUT2D eigenvalue weighted by Gasteiger charge is 2.20. The normalized spacial score (nSPS) is 16.8. The van der Waals surface area contributed by atoms with E-state index in [0.717, 1.165) is 32.7 Å². The van der Waals surface area contributed by atoms with Gasteiger partial charge in [-0.15, -0.1) is 0 Å². The molecule has 1 aliphatic heterocycles. The predicted molar refractivity (Wildman–Crippen MR) is 76.8 cm³/mol. The van der Waals surface area contributed by atoms with Crippen LogP contribution in [-0.2, 0) is 11.3 Å². The van der Waals surface area contributed by atoms with E-state index in [1.54, 1.807) is 0 Å². The van der Waals surface area contributed by atoms with Gasteiger partial charge < -0.3 is 4.90 Å². The number of benzene rings is 1. The molecule has 0 N–H and O–H groups in total. The minimum absolute atomic E-state index is 0.240. The van der Waals surface area contributed by atoms with Crippen molar-refractivity contribution in [3.05, 3.63) is 35.9 Å². The second-order valence-electron chi connectivity index (χ2n) is 4.62. The van der Waals surface area contributed by atoms with Crippen LogP contribution in [-0.4, -0.2) is 47.6 Å². The number of hydrogen-bond acceptors (Lipinski definition) is 3. The maximum Gasteiger partial charge on any atom is 0.223 e. The number of thiol groups is 1. The van der Waals surface area contributed by atoms with E-state index >= 15 is 0 Å². The van der Waals surface area contributed by atoms with Crippen LogP contribution in [0.5, 0.6) is 0 Å². The zero-order valence-corrected chi connectivity index (χ0v) is 11.5. The van der Waals surface area contributed by atoms with E-state index in [1.807, 2.05) is 11.0 Å². The summed E-state index contributed by atoms with van der Waals surface area (Å²) in [5.74, 6) is 0.882. The van der Waals surface area contributed by atoms with Crippen molar-refractivity contribution >= 4 is 18.5 Å². The summed E-state index contributed by atoms with van der Waals surface area (Å²) in [6.07, 6.45) is 0.557. The molecule has 0 saturated carbocycles. The van der Waals surface area contributed by atoms with Gasteiger partial charge in [-0.1, -0.05) is 30.3 Å². The number of piperazine rings is 1. The molecule has 3 nitrogen and oxygen atoms in total. The summed E-state index contributed by atoms with van der Waals surface area (Å²) in [6.45, 7) is 4.61. The molecule has 18 heavy (non-hydrogen) atoms. The summed E-state index contributed by atoms with van der Waals surface area (Å²) in [4.78, 5) is 16.1. The molecule has 0 aromatic heterocycles. The first kappa shape index (κ1) is 13.4. The molecule has 1 amide bonds. The van der Waals surface area contributed by atoms with E-state index in [2.05, 4.69) is 41.8 Å². The molecule has 0 unspecified atom stereocenters. The molecule has 98 valence electrons.